The van der Waals surface area contributed by atoms with Crippen LogP contribution in [0.4, 0.5) is 0 Å². The molecule has 1 amide bonds. The number of fused-ring (bicyclic) bond motifs is 1. The molecule has 0 saturated heterocycles. The van der Waals surface area contributed by atoms with Crippen molar-refractivity contribution in [1.29, 1.82) is 0 Å². The molecule has 4 rings (SSSR count). The standard InChI is InChI=1S/C27H27NO3/c1-19-9-7-8-12-24(19)27(29)28(18-20-10-5-4-6-11-20)23-14-13-21-16-25(30-2)26(31-3)17-22(21)15-23/h4-12,15-17H,13-14,18H2,1-3H3. The Morgan fingerprint density at radius 2 is 1.58 bits per heavy atom. The van der Waals surface area contributed by atoms with E-state index in [9.17, 15) is 4.79 Å². The van der Waals surface area contributed by atoms with E-state index in [4.69, 9.17) is 9.47 Å². The molecule has 0 N–H and O–H groups in total. The minimum absolute atomic E-state index is 0.0251. The minimum atomic E-state index is 0.0251. The van der Waals surface area contributed by atoms with Gasteiger partial charge in [-0.25, -0.2) is 0 Å². The molecule has 0 fully saturated rings. The first kappa shape index (κ1) is 20.7. The molecule has 1 aliphatic rings. The average molecular weight is 414 g/mol. The average Bonchev–Trinajstić information content (AvgIpc) is 2.81. The molecule has 3 aromatic rings. The zero-order valence-corrected chi connectivity index (χ0v) is 18.2. The van der Waals surface area contributed by atoms with Crippen LogP contribution in [-0.2, 0) is 13.0 Å². The van der Waals surface area contributed by atoms with Crippen molar-refractivity contribution in [2.45, 2.75) is 26.3 Å². The van der Waals surface area contributed by atoms with Gasteiger partial charge in [0.15, 0.2) is 11.5 Å². The number of hydrogen-bond donors (Lipinski definition) is 0. The highest BCUT2D eigenvalue weighted by atomic mass is 16.5. The van der Waals surface area contributed by atoms with Crippen LogP contribution in [0.5, 0.6) is 11.5 Å². The fourth-order valence-electron chi connectivity index (χ4n) is 4.04. The first-order chi connectivity index (χ1) is 15.1. The summed E-state index contributed by atoms with van der Waals surface area (Å²) >= 11 is 0. The van der Waals surface area contributed by atoms with Crippen LogP contribution in [-0.4, -0.2) is 25.0 Å². The molecular weight excluding hydrogens is 386 g/mol. The summed E-state index contributed by atoms with van der Waals surface area (Å²) in [6, 6.07) is 21.9. The molecule has 0 bridgehead atoms. The van der Waals surface area contributed by atoms with E-state index in [1.165, 1.54) is 5.56 Å². The second kappa shape index (κ2) is 9.09. The fraction of sp³-hybridized carbons (Fsp3) is 0.222. The van der Waals surface area contributed by atoms with E-state index in [-0.39, 0.29) is 5.91 Å². The predicted molar refractivity (Wildman–Crippen MR) is 123 cm³/mol. The molecule has 0 spiro atoms. The van der Waals surface area contributed by atoms with E-state index in [0.29, 0.717) is 12.3 Å². The van der Waals surface area contributed by atoms with Gasteiger partial charge < -0.3 is 14.4 Å². The summed E-state index contributed by atoms with van der Waals surface area (Å²) in [7, 11) is 3.29. The molecule has 0 unspecified atom stereocenters. The lowest BCUT2D eigenvalue weighted by atomic mass is 9.93. The number of benzene rings is 3. The Bertz CT molecular complexity index is 1120. The number of ether oxygens (including phenoxy) is 2. The second-order valence-electron chi connectivity index (χ2n) is 7.73. The highest BCUT2D eigenvalue weighted by Gasteiger charge is 2.24. The molecule has 0 heterocycles. The van der Waals surface area contributed by atoms with Crippen LogP contribution >= 0.6 is 0 Å². The third-order valence-electron chi connectivity index (χ3n) is 5.77. The van der Waals surface area contributed by atoms with E-state index in [2.05, 4.69) is 18.2 Å². The summed E-state index contributed by atoms with van der Waals surface area (Å²) in [5.41, 5.74) is 6.09. The fourth-order valence-corrected chi connectivity index (χ4v) is 4.04. The molecule has 31 heavy (non-hydrogen) atoms. The Morgan fingerprint density at radius 3 is 2.29 bits per heavy atom. The number of allylic oxidation sites excluding steroid dienone is 1. The van der Waals surface area contributed by atoms with Crippen LogP contribution in [0.25, 0.3) is 6.08 Å². The minimum Gasteiger partial charge on any atom is -0.493 e. The highest BCUT2D eigenvalue weighted by molar-refractivity contribution is 5.97. The van der Waals surface area contributed by atoms with Gasteiger partial charge in [0.25, 0.3) is 5.91 Å². The predicted octanol–water partition coefficient (Wildman–Crippen LogP) is 5.64. The van der Waals surface area contributed by atoms with Gasteiger partial charge in [-0.15, -0.1) is 0 Å². The number of carbonyl (C=O) groups is 1. The zero-order valence-electron chi connectivity index (χ0n) is 18.2. The van der Waals surface area contributed by atoms with Gasteiger partial charge >= 0.3 is 0 Å². The van der Waals surface area contributed by atoms with E-state index in [0.717, 1.165) is 46.5 Å². The van der Waals surface area contributed by atoms with Gasteiger partial charge in [-0.1, -0.05) is 48.5 Å². The van der Waals surface area contributed by atoms with Gasteiger partial charge in [-0.05, 0) is 66.3 Å². The number of rotatable bonds is 6. The molecule has 0 saturated carbocycles. The van der Waals surface area contributed by atoms with Crippen LogP contribution in [0.2, 0.25) is 0 Å². The number of nitrogens with zero attached hydrogens (tertiary/aromatic N) is 1. The second-order valence-corrected chi connectivity index (χ2v) is 7.73. The van der Waals surface area contributed by atoms with E-state index in [1.807, 2.05) is 66.4 Å². The van der Waals surface area contributed by atoms with Crippen molar-refractivity contribution in [2.75, 3.05) is 14.2 Å². The third kappa shape index (κ3) is 4.33. The Morgan fingerprint density at radius 1 is 0.903 bits per heavy atom. The summed E-state index contributed by atoms with van der Waals surface area (Å²) in [6.45, 7) is 2.51. The molecule has 4 nitrogen and oxygen atoms in total. The smallest absolute Gasteiger partial charge is 0.258 e. The Balaban J connectivity index is 1.76. The summed E-state index contributed by atoms with van der Waals surface area (Å²) < 4.78 is 10.9. The molecule has 0 aromatic heterocycles. The quantitative estimate of drug-likeness (QED) is 0.525. The van der Waals surface area contributed by atoms with Gasteiger partial charge in [-0.3, -0.25) is 4.79 Å². The van der Waals surface area contributed by atoms with Gasteiger partial charge in [0.2, 0.25) is 0 Å². The van der Waals surface area contributed by atoms with Crippen molar-refractivity contribution in [1.82, 2.24) is 4.90 Å². The lowest BCUT2D eigenvalue weighted by Crippen LogP contribution is -2.31. The lowest BCUT2D eigenvalue weighted by Gasteiger charge is -2.29. The highest BCUT2D eigenvalue weighted by Crippen LogP contribution is 2.36. The number of aryl methyl sites for hydroxylation is 2. The summed E-state index contributed by atoms with van der Waals surface area (Å²) in [5, 5.41) is 0. The van der Waals surface area contributed by atoms with E-state index in [1.54, 1.807) is 14.2 Å². The van der Waals surface area contributed by atoms with Crippen molar-refractivity contribution >= 4 is 12.0 Å². The van der Waals surface area contributed by atoms with Gasteiger partial charge in [0, 0.05) is 11.3 Å². The van der Waals surface area contributed by atoms with Crippen molar-refractivity contribution in [3.63, 3.8) is 0 Å². The van der Waals surface area contributed by atoms with Crippen LogP contribution in [0.15, 0.2) is 72.4 Å². The maximum absolute atomic E-state index is 13.6. The van der Waals surface area contributed by atoms with Crippen molar-refractivity contribution in [3.05, 3.63) is 100 Å². The first-order valence-electron chi connectivity index (χ1n) is 10.5. The van der Waals surface area contributed by atoms with Crippen LogP contribution in [0.1, 0.15) is 39.0 Å². The molecule has 1 aliphatic carbocycles. The first-order valence-corrected chi connectivity index (χ1v) is 10.5. The number of hydrogen-bond acceptors (Lipinski definition) is 3. The largest absolute Gasteiger partial charge is 0.493 e. The van der Waals surface area contributed by atoms with Gasteiger partial charge in [-0.2, -0.15) is 0 Å². The molecule has 158 valence electrons. The number of methoxy groups -OCH3 is 2. The summed E-state index contributed by atoms with van der Waals surface area (Å²) in [6.07, 6.45) is 3.74. The molecule has 0 radical (unpaired) electrons. The topological polar surface area (TPSA) is 38.8 Å². The third-order valence-corrected chi connectivity index (χ3v) is 5.77. The van der Waals surface area contributed by atoms with Gasteiger partial charge in [0.05, 0.1) is 20.8 Å². The molecular formula is C27H27NO3. The Kier molecular flexibility index (Phi) is 6.08. The van der Waals surface area contributed by atoms with Crippen molar-refractivity contribution < 1.29 is 14.3 Å². The molecule has 3 aromatic carbocycles. The van der Waals surface area contributed by atoms with Crippen LogP contribution in [0.3, 0.4) is 0 Å². The maximum atomic E-state index is 13.6. The Labute approximate surface area is 183 Å². The molecule has 0 atom stereocenters. The molecule has 0 aliphatic heterocycles. The van der Waals surface area contributed by atoms with Crippen molar-refractivity contribution in [2.24, 2.45) is 0 Å². The van der Waals surface area contributed by atoms with E-state index < -0.39 is 0 Å². The summed E-state index contributed by atoms with van der Waals surface area (Å²) in [4.78, 5) is 15.6. The van der Waals surface area contributed by atoms with Crippen LogP contribution < -0.4 is 9.47 Å². The van der Waals surface area contributed by atoms with Gasteiger partial charge in [0.1, 0.15) is 0 Å². The lowest BCUT2D eigenvalue weighted by molar-refractivity contribution is 0.0791. The molecule has 4 heteroatoms. The van der Waals surface area contributed by atoms with E-state index >= 15 is 0 Å². The maximum Gasteiger partial charge on any atom is 0.258 e. The monoisotopic (exact) mass is 413 g/mol. The summed E-state index contributed by atoms with van der Waals surface area (Å²) in [5.74, 6) is 1.45. The number of amides is 1. The number of carbonyl (C=O) groups excluding carboxylic acids is 1. The zero-order chi connectivity index (χ0) is 21.8. The Hall–Kier alpha value is -3.53. The SMILES string of the molecule is COc1cc2c(cc1OC)CCC(N(Cc1ccccc1)C(=O)c1ccccc1C)=C2. The van der Waals surface area contributed by atoms with Crippen molar-refractivity contribution in [3.8, 4) is 11.5 Å². The normalized spacial score (nSPS) is 12.5. The van der Waals surface area contributed by atoms with Crippen LogP contribution in [0, 0.1) is 6.92 Å².